The molecule has 0 aromatic heterocycles. The monoisotopic (exact) mass is 717 g/mol. The van der Waals surface area contributed by atoms with Crippen LogP contribution in [0.15, 0.2) is 175 Å². The Morgan fingerprint density at radius 2 is 0.964 bits per heavy atom. The maximum atomic E-state index is 13.5. The molecule has 9 aromatic rings. The van der Waals surface area contributed by atoms with Gasteiger partial charge >= 0.3 is 0 Å². The van der Waals surface area contributed by atoms with Crippen molar-refractivity contribution in [2.75, 3.05) is 4.90 Å². The molecule has 0 atom stereocenters. The third-order valence-corrected chi connectivity index (χ3v) is 12.1. The van der Waals surface area contributed by atoms with Gasteiger partial charge in [0.15, 0.2) is 11.6 Å². The number of anilines is 3. The highest BCUT2D eigenvalue weighted by atomic mass is 16.2. The minimum Gasteiger partial charge on any atom is -0.310 e. The lowest BCUT2D eigenvalue weighted by atomic mass is 9.82. The molecule has 0 heterocycles. The number of fused-ring (bicyclic) bond motifs is 10. The summed E-state index contributed by atoms with van der Waals surface area (Å²) >= 11 is 0. The normalized spacial score (nSPS) is 14.1. The summed E-state index contributed by atoms with van der Waals surface area (Å²) in [6, 6.07) is 59.6. The quantitative estimate of drug-likeness (QED) is 0.103. The summed E-state index contributed by atoms with van der Waals surface area (Å²) in [6.45, 7) is 4.66. The van der Waals surface area contributed by atoms with Gasteiger partial charge in [0.2, 0.25) is 0 Å². The summed E-state index contributed by atoms with van der Waals surface area (Å²) in [5.74, 6) is -0.423. The second kappa shape index (κ2) is 11.9. The van der Waals surface area contributed by atoms with Gasteiger partial charge in [-0.05, 0) is 132 Å². The number of rotatable bonds is 4. The first-order chi connectivity index (χ1) is 27.3. The maximum Gasteiger partial charge on any atom is 0.197 e. The van der Waals surface area contributed by atoms with E-state index >= 15 is 0 Å². The predicted octanol–water partition coefficient (Wildman–Crippen LogP) is 13.5. The van der Waals surface area contributed by atoms with E-state index in [2.05, 4.69) is 146 Å². The molecule has 3 heteroatoms. The van der Waals surface area contributed by atoms with Crippen LogP contribution in [0.1, 0.15) is 51.3 Å². The molecule has 3 nitrogen and oxygen atoms in total. The fraction of sp³-hybridized carbons (Fsp3) is 0.0566. The van der Waals surface area contributed by atoms with Crippen LogP contribution in [0.25, 0.3) is 60.3 Å². The topological polar surface area (TPSA) is 37.4 Å². The predicted molar refractivity (Wildman–Crippen MR) is 232 cm³/mol. The molecule has 56 heavy (non-hydrogen) atoms. The summed E-state index contributed by atoms with van der Waals surface area (Å²) in [5, 5.41) is 8.79. The van der Waals surface area contributed by atoms with Crippen molar-refractivity contribution in [3.8, 4) is 11.1 Å². The number of ketones is 2. The van der Waals surface area contributed by atoms with Crippen molar-refractivity contribution < 1.29 is 9.59 Å². The van der Waals surface area contributed by atoms with Gasteiger partial charge in [0.05, 0.1) is 5.57 Å². The second-order valence-corrected chi connectivity index (χ2v) is 15.6. The van der Waals surface area contributed by atoms with Crippen LogP contribution in [-0.4, -0.2) is 11.6 Å². The lowest BCUT2D eigenvalue weighted by Gasteiger charge is -2.28. The molecular weight excluding hydrogens is 683 g/mol. The average molecular weight is 718 g/mol. The van der Waals surface area contributed by atoms with E-state index in [1.165, 1.54) is 33.0 Å². The Labute approximate surface area is 324 Å². The van der Waals surface area contributed by atoms with Gasteiger partial charge in [0.25, 0.3) is 0 Å². The van der Waals surface area contributed by atoms with Gasteiger partial charge in [-0.25, -0.2) is 0 Å². The van der Waals surface area contributed by atoms with E-state index in [0.29, 0.717) is 11.1 Å². The molecule has 0 radical (unpaired) electrons. The first kappa shape index (κ1) is 32.3. The van der Waals surface area contributed by atoms with Crippen LogP contribution in [0, 0.1) is 0 Å². The van der Waals surface area contributed by atoms with Crippen LogP contribution in [-0.2, 0) is 5.41 Å². The number of Topliss-reactive ketones (excluding diaryl/α,β-unsaturated/α-hetero) is 2. The second-order valence-electron chi connectivity index (χ2n) is 15.6. The van der Waals surface area contributed by atoms with Crippen LogP contribution in [0.5, 0.6) is 0 Å². The average Bonchev–Trinajstić information content (AvgIpc) is 3.60. The summed E-state index contributed by atoms with van der Waals surface area (Å²) in [7, 11) is 0. The fourth-order valence-corrected chi connectivity index (χ4v) is 9.28. The van der Waals surface area contributed by atoms with Gasteiger partial charge in [-0.3, -0.25) is 9.59 Å². The molecule has 9 aromatic carbocycles. The van der Waals surface area contributed by atoms with Gasteiger partial charge in [-0.15, -0.1) is 0 Å². The molecule has 264 valence electrons. The first-order valence-corrected chi connectivity index (χ1v) is 19.2. The minimum atomic E-state index is -0.211. The third-order valence-electron chi connectivity index (χ3n) is 12.1. The zero-order chi connectivity index (χ0) is 37.7. The summed E-state index contributed by atoms with van der Waals surface area (Å²) in [5.41, 5.74) is 10.6. The van der Waals surface area contributed by atoms with Gasteiger partial charge in [-0.1, -0.05) is 129 Å². The van der Waals surface area contributed by atoms with Crippen molar-refractivity contribution in [3.63, 3.8) is 0 Å². The molecule has 0 N–H and O–H groups in total. The molecule has 0 aliphatic heterocycles. The van der Waals surface area contributed by atoms with Gasteiger partial charge in [-0.2, -0.15) is 0 Å². The third kappa shape index (κ3) is 4.77. The number of carbonyl (C=O) groups is 2. The highest BCUT2D eigenvalue weighted by molar-refractivity contribution is 6.42. The summed E-state index contributed by atoms with van der Waals surface area (Å²) in [4.78, 5) is 29.3. The molecule has 0 fully saturated rings. The SMILES string of the molecule is CC1(C)c2ccccc2-c2ccc(N(c3ccccc3)c3ccc4c(ccc5c6ccc(C=C7C(=O)c8cc9ccccc9cc8C7=O)cc6ccc45)c3)cc21. The van der Waals surface area contributed by atoms with Crippen LogP contribution < -0.4 is 4.90 Å². The smallest absolute Gasteiger partial charge is 0.197 e. The lowest BCUT2D eigenvalue weighted by Crippen LogP contribution is -2.16. The van der Waals surface area contributed by atoms with Crippen molar-refractivity contribution in [2.45, 2.75) is 19.3 Å². The molecule has 0 spiro atoms. The Balaban J connectivity index is 0.970. The molecule has 0 saturated heterocycles. The summed E-state index contributed by atoms with van der Waals surface area (Å²) in [6.07, 6.45) is 1.75. The molecule has 0 saturated carbocycles. The number of nitrogens with zero attached hydrogens (tertiary/aromatic N) is 1. The highest BCUT2D eigenvalue weighted by Crippen LogP contribution is 2.50. The van der Waals surface area contributed by atoms with Crippen LogP contribution >= 0.6 is 0 Å². The van der Waals surface area contributed by atoms with Crippen LogP contribution in [0.3, 0.4) is 0 Å². The number of benzene rings is 9. The molecule has 0 bridgehead atoms. The zero-order valence-corrected chi connectivity index (χ0v) is 31.0. The molecule has 0 unspecified atom stereocenters. The Kier molecular flexibility index (Phi) is 6.90. The van der Waals surface area contributed by atoms with Crippen molar-refractivity contribution in [1.82, 2.24) is 0 Å². The summed E-state index contributed by atoms with van der Waals surface area (Å²) < 4.78 is 0. The van der Waals surface area contributed by atoms with Crippen LogP contribution in [0.4, 0.5) is 17.1 Å². The Morgan fingerprint density at radius 3 is 1.68 bits per heavy atom. The van der Waals surface area contributed by atoms with E-state index in [-0.39, 0.29) is 22.6 Å². The molecule has 0 amide bonds. The molecule has 2 aliphatic rings. The largest absolute Gasteiger partial charge is 0.310 e. The van der Waals surface area contributed by atoms with E-state index in [9.17, 15) is 9.59 Å². The Bertz CT molecular complexity index is 3150. The van der Waals surface area contributed by atoms with E-state index in [4.69, 9.17) is 0 Å². The van der Waals surface area contributed by atoms with Gasteiger partial charge in [0, 0.05) is 33.6 Å². The number of carbonyl (C=O) groups excluding carboxylic acids is 2. The molecule has 11 rings (SSSR count). The van der Waals surface area contributed by atoms with E-state index < -0.39 is 0 Å². The number of allylic oxidation sites excluding steroid dienone is 1. The minimum absolute atomic E-state index is 0.0975. The highest BCUT2D eigenvalue weighted by Gasteiger charge is 2.36. The van der Waals surface area contributed by atoms with Gasteiger partial charge < -0.3 is 4.90 Å². The number of hydrogen-bond acceptors (Lipinski definition) is 3. The van der Waals surface area contributed by atoms with Crippen molar-refractivity contribution >= 4 is 77.8 Å². The fourth-order valence-electron chi connectivity index (χ4n) is 9.28. The number of para-hydroxylation sites is 1. The van der Waals surface area contributed by atoms with Crippen molar-refractivity contribution in [1.29, 1.82) is 0 Å². The van der Waals surface area contributed by atoms with E-state index in [1.54, 1.807) is 6.08 Å². The zero-order valence-electron chi connectivity index (χ0n) is 31.0. The van der Waals surface area contributed by atoms with Crippen molar-refractivity contribution in [2.24, 2.45) is 0 Å². The van der Waals surface area contributed by atoms with Crippen LogP contribution in [0.2, 0.25) is 0 Å². The van der Waals surface area contributed by atoms with E-state index in [1.807, 2.05) is 42.5 Å². The Morgan fingerprint density at radius 1 is 0.411 bits per heavy atom. The lowest BCUT2D eigenvalue weighted by molar-refractivity contribution is 0.0990. The Hall–Kier alpha value is -7.10. The van der Waals surface area contributed by atoms with E-state index in [0.717, 1.165) is 54.9 Å². The number of hydrogen-bond donors (Lipinski definition) is 0. The first-order valence-electron chi connectivity index (χ1n) is 19.2. The van der Waals surface area contributed by atoms with Gasteiger partial charge in [0.1, 0.15) is 0 Å². The molecule has 2 aliphatic carbocycles. The molecular formula is C53H35NO2. The van der Waals surface area contributed by atoms with Crippen molar-refractivity contribution in [3.05, 3.63) is 203 Å². The standard InChI is InChI=1S/C53H35NO2/c1-53(2)49-15-9-8-14-44(49)45-25-20-39(31-50(45)53)54(37-12-4-3-5-13-37)38-19-24-41-36(28-38)18-23-42-40-21-16-32(26-35(40)17-22-43(41)42)27-48-51(55)46-29-33-10-6-7-11-34(33)30-47(46)52(48)56/h3-31H,1-2H3. The maximum absolute atomic E-state index is 13.5.